The van der Waals surface area contributed by atoms with Gasteiger partial charge < -0.3 is 14.2 Å². The van der Waals surface area contributed by atoms with E-state index in [1.54, 1.807) is 13.0 Å². The molecule has 38 heavy (non-hydrogen) atoms. The molecule has 1 amide bonds. The van der Waals surface area contributed by atoms with Crippen LogP contribution in [0.25, 0.3) is 6.08 Å². The van der Waals surface area contributed by atoms with Crippen LogP contribution in [0.1, 0.15) is 22.8 Å². The fraction of sp³-hybridized carbons (Fsp3) is 0.0800. The summed E-state index contributed by atoms with van der Waals surface area (Å²) in [6.45, 7) is 1.88. The van der Waals surface area contributed by atoms with Gasteiger partial charge in [-0.15, -0.1) is 0 Å². The summed E-state index contributed by atoms with van der Waals surface area (Å²) >= 11 is 3.25. The fourth-order valence-corrected chi connectivity index (χ4v) is 4.41. The Balaban J connectivity index is 1.88. The summed E-state index contributed by atoms with van der Waals surface area (Å²) < 4.78 is 36.2. The molecule has 0 aliphatic rings. The van der Waals surface area contributed by atoms with E-state index in [0.717, 1.165) is 24.3 Å². The van der Waals surface area contributed by atoms with E-state index in [4.69, 9.17) is 8.92 Å². The number of hydrogen-bond donors (Lipinski definition) is 1. The van der Waals surface area contributed by atoms with Crippen molar-refractivity contribution in [2.24, 2.45) is 0 Å². The number of benzene rings is 3. The lowest BCUT2D eigenvalue weighted by Crippen LogP contribution is -2.14. The van der Waals surface area contributed by atoms with Crippen molar-refractivity contribution in [2.45, 2.75) is 11.8 Å². The molecule has 1 N–H and O–H groups in total. The summed E-state index contributed by atoms with van der Waals surface area (Å²) in [5, 5.41) is 23.1. The van der Waals surface area contributed by atoms with Crippen molar-refractivity contribution >= 4 is 55.4 Å². The van der Waals surface area contributed by atoms with Crippen molar-refractivity contribution in [3.63, 3.8) is 0 Å². The number of nitriles is 1. The monoisotopic (exact) mass is 599 g/mol. The molecule has 0 radical (unpaired) electrons. The molecule has 194 valence electrons. The van der Waals surface area contributed by atoms with Gasteiger partial charge in [-0.1, -0.05) is 22.0 Å². The molecule has 0 spiro atoms. The first kappa shape index (κ1) is 28.0. The van der Waals surface area contributed by atoms with E-state index >= 15 is 0 Å². The van der Waals surface area contributed by atoms with Crippen molar-refractivity contribution < 1.29 is 31.9 Å². The average Bonchev–Trinajstić information content (AvgIpc) is 2.89. The molecular formula is C25H18BrN3O8S. The minimum atomic E-state index is -4.50. The number of anilines is 1. The number of nitro groups is 1. The number of rotatable bonds is 9. The molecule has 0 aliphatic heterocycles. The van der Waals surface area contributed by atoms with Crippen molar-refractivity contribution in [1.82, 2.24) is 0 Å². The molecule has 0 fully saturated rings. The van der Waals surface area contributed by atoms with Crippen LogP contribution >= 0.6 is 15.9 Å². The maximum absolute atomic E-state index is 12.8. The van der Waals surface area contributed by atoms with Gasteiger partial charge in [-0.3, -0.25) is 14.9 Å². The Labute approximate surface area is 225 Å². The van der Waals surface area contributed by atoms with E-state index < -0.39 is 37.5 Å². The first-order valence-electron chi connectivity index (χ1n) is 10.7. The number of halogens is 1. The molecule has 0 saturated carbocycles. The molecule has 3 aromatic carbocycles. The van der Waals surface area contributed by atoms with Crippen molar-refractivity contribution in [3.05, 3.63) is 98.0 Å². The Bertz CT molecular complexity index is 1580. The van der Waals surface area contributed by atoms with Crippen LogP contribution in [-0.2, 0) is 19.6 Å². The largest absolute Gasteiger partial charge is 0.462 e. The molecule has 0 bridgehead atoms. The SMILES string of the molecule is CCOC(=O)c1ccc(NC(=O)/C(C#N)=C/c2cc(Br)ccc2OS(=O)(=O)c2cccc([N+](=O)[O-])c2)cc1. The third-order valence-corrected chi connectivity index (χ3v) is 6.53. The highest BCUT2D eigenvalue weighted by molar-refractivity contribution is 9.10. The highest BCUT2D eigenvalue weighted by Crippen LogP contribution is 2.29. The zero-order valence-electron chi connectivity index (χ0n) is 19.6. The van der Waals surface area contributed by atoms with E-state index in [2.05, 4.69) is 21.2 Å². The maximum atomic E-state index is 12.8. The molecule has 3 aromatic rings. The smallest absolute Gasteiger partial charge is 0.339 e. The number of nitrogens with zero attached hydrogens (tertiary/aromatic N) is 2. The Morgan fingerprint density at radius 1 is 1.13 bits per heavy atom. The van der Waals surface area contributed by atoms with Gasteiger partial charge in [-0.05, 0) is 61.5 Å². The number of carbonyl (C=O) groups is 2. The maximum Gasteiger partial charge on any atom is 0.339 e. The fourth-order valence-electron chi connectivity index (χ4n) is 3.03. The number of non-ortho nitro benzene ring substituents is 1. The number of hydrogen-bond acceptors (Lipinski definition) is 9. The first-order valence-corrected chi connectivity index (χ1v) is 12.9. The Hall–Kier alpha value is -4.54. The van der Waals surface area contributed by atoms with E-state index in [1.165, 1.54) is 48.5 Å². The summed E-state index contributed by atoms with van der Waals surface area (Å²) in [6.07, 6.45) is 1.13. The number of carbonyl (C=O) groups excluding carboxylic acids is 2. The van der Waals surface area contributed by atoms with Crippen LogP contribution < -0.4 is 9.50 Å². The standard InChI is InChI=1S/C25H18BrN3O8S/c1-2-36-25(31)16-6-9-20(10-7-16)28-24(30)18(15-27)12-17-13-19(26)8-11-23(17)37-38(34,35)22-5-3-4-21(14-22)29(32)33/h3-14H,2H2,1H3,(H,28,30)/b18-12+. The Kier molecular flexibility index (Phi) is 8.95. The Morgan fingerprint density at radius 2 is 1.84 bits per heavy atom. The summed E-state index contributed by atoms with van der Waals surface area (Å²) in [6, 6.07) is 16.1. The normalized spacial score (nSPS) is 11.2. The molecule has 11 nitrogen and oxygen atoms in total. The third-order valence-electron chi connectivity index (χ3n) is 4.81. The lowest BCUT2D eigenvalue weighted by atomic mass is 10.1. The van der Waals surface area contributed by atoms with Gasteiger partial charge >= 0.3 is 16.1 Å². The lowest BCUT2D eigenvalue weighted by molar-refractivity contribution is -0.385. The van der Waals surface area contributed by atoms with Gasteiger partial charge in [-0.25, -0.2) is 4.79 Å². The predicted molar refractivity (Wildman–Crippen MR) is 140 cm³/mol. The number of esters is 1. The second-order valence-corrected chi connectivity index (χ2v) is 9.86. The second kappa shape index (κ2) is 12.1. The van der Waals surface area contributed by atoms with Gasteiger partial charge in [0.15, 0.2) is 0 Å². The summed E-state index contributed by atoms with van der Waals surface area (Å²) in [7, 11) is -4.50. The van der Waals surface area contributed by atoms with Crippen LogP contribution in [0, 0.1) is 21.4 Å². The van der Waals surface area contributed by atoms with Crippen LogP contribution in [0.15, 0.2) is 81.7 Å². The van der Waals surface area contributed by atoms with Crippen LogP contribution in [0.5, 0.6) is 5.75 Å². The highest BCUT2D eigenvalue weighted by Gasteiger charge is 2.22. The molecule has 0 unspecified atom stereocenters. The topological polar surface area (TPSA) is 166 Å². The van der Waals surface area contributed by atoms with Crippen LogP contribution in [0.2, 0.25) is 0 Å². The van der Waals surface area contributed by atoms with E-state index in [0.29, 0.717) is 10.2 Å². The lowest BCUT2D eigenvalue weighted by Gasteiger charge is -2.11. The van der Waals surface area contributed by atoms with E-state index in [-0.39, 0.29) is 29.1 Å². The van der Waals surface area contributed by atoms with Crippen molar-refractivity contribution in [3.8, 4) is 11.8 Å². The minimum absolute atomic E-state index is 0.0674. The van der Waals surface area contributed by atoms with Crippen molar-refractivity contribution in [2.75, 3.05) is 11.9 Å². The molecule has 0 atom stereocenters. The minimum Gasteiger partial charge on any atom is -0.462 e. The summed E-state index contributed by atoms with van der Waals surface area (Å²) in [4.78, 5) is 34.4. The molecule has 0 saturated heterocycles. The number of nitrogens with one attached hydrogen (secondary N) is 1. The molecular weight excluding hydrogens is 582 g/mol. The van der Waals surface area contributed by atoms with Gasteiger partial charge in [0.1, 0.15) is 22.3 Å². The number of nitro benzene ring substituents is 1. The van der Waals surface area contributed by atoms with Crippen LogP contribution in [0.4, 0.5) is 11.4 Å². The number of ether oxygens (including phenoxy) is 1. The zero-order chi connectivity index (χ0) is 27.9. The molecule has 3 rings (SSSR count). The summed E-state index contributed by atoms with van der Waals surface area (Å²) in [5.74, 6) is -1.55. The van der Waals surface area contributed by atoms with Gasteiger partial charge in [0.05, 0.1) is 17.1 Å². The van der Waals surface area contributed by atoms with Crippen LogP contribution in [-0.4, -0.2) is 31.8 Å². The molecule has 0 aliphatic carbocycles. The quantitative estimate of drug-likeness (QED) is 0.0903. The van der Waals surface area contributed by atoms with Gasteiger partial charge in [-0.2, -0.15) is 13.7 Å². The zero-order valence-corrected chi connectivity index (χ0v) is 22.0. The Morgan fingerprint density at radius 3 is 2.47 bits per heavy atom. The van der Waals surface area contributed by atoms with E-state index in [1.807, 2.05) is 0 Å². The first-order chi connectivity index (χ1) is 18.0. The average molecular weight is 600 g/mol. The third kappa shape index (κ3) is 7.02. The summed E-state index contributed by atoms with van der Waals surface area (Å²) in [5.41, 5.74) is -0.179. The highest BCUT2D eigenvalue weighted by atomic mass is 79.9. The van der Waals surface area contributed by atoms with E-state index in [9.17, 15) is 33.4 Å². The molecule has 0 aromatic heterocycles. The van der Waals surface area contributed by atoms with Gasteiger partial charge in [0.2, 0.25) is 0 Å². The molecule has 13 heteroatoms. The van der Waals surface area contributed by atoms with Gasteiger partial charge in [0.25, 0.3) is 11.6 Å². The van der Waals surface area contributed by atoms with Crippen molar-refractivity contribution in [1.29, 1.82) is 5.26 Å². The number of amides is 1. The predicted octanol–water partition coefficient (Wildman–Crippen LogP) is 4.85. The van der Waals surface area contributed by atoms with Gasteiger partial charge in [0, 0.05) is 27.9 Å². The molecule has 0 heterocycles. The second-order valence-electron chi connectivity index (χ2n) is 7.40. The van der Waals surface area contributed by atoms with Crippen LogP contribution in [0.3, 0.4) is 0 Å².